The summed E-state index contributed by atoms with van der Waals surface area (Å²) < 4.78 is 15.6. The van der Waals surface area contributed by atoms with Gasteiger partial charge in [-0.15, -0.1) is 0 Å². The number of anilines is 3. The minimum absolute atomic E-state index is 0.0321. The highest BCUT2D eigenvalue weighted by atomic mass is 19.1. The van der Waals surface area contributed by atoms with Crippen LogP contribution in [0.4, 0.5) is 21.7 Å². The highest BCUT2D eigenvalue weighted by molar-refractivity contribution is 5.76. The van der Waals surface area contributed by atoms with Crippen LogP contribution < -0.4 is 15.8 Å². The van der Waals surface area contributed by atoms with E-state index in [4.69, 9.17) is 0 Å². The van der Waals surface area contributed by atoms with Gasteiger partial charge in [-0.05, 0) is 49.5 Å². The molecule has 174 valence electrons. The molecule has 0 saturated carbocycles. The monoisotopic (exact) mass is 460 g/mol. The first kappa shape index (κ1) is 21.8. The maximum absolute atomic E-state index is 14.3. The maximum Gasteiger partial charge on any atom is 0.252 e. The zero-order chi connectivity index (χ0) is 23.7. The van der Waals surface area contributed by atoms with Crippen molar-refractivity contribution in [3.63, 3.8) is 0 Å². The molecule has 0 radical (unpaired) electrons. The first-order valence-electron chi connectivity index (χ1n) is 11.1. The van der Waals surface area contributed by atoms with Gasteiger partial charge in [0.05, 0.1) is 6.54 Å². The predicted molar refractivity (Wildman–Crippen MR) is 130 cm³/mol. The van der Waals surface area contributed by atoms with Crippen LogP contribution in [0.2, 0.25) is 0 Å². The van der Waals surface area contributed by atoms with E-state index in [1.54, 1.807) is 12.3 Å². The minimum Gasteiger partial charge on any atom is -0.507 e. The molecule has 0 bridgehead atoms. The number of likely N-dealkylation sites (N-methyl/N-ethyl adjacent to an activating group) is 1. The number of rotatable bonds is 5. The van der Waals surface area contributed by atoms with E-state index in [1.165, 1.54) is 28.8 Å². The van der Waals surface area contributed by atoms with E-state index in [-0.39, 0.29) is 23.4 Å². The number of hydrogen-bond donors (Lipinski definition) is 2. The van der Waals surface area contributed by atoms with Crippen molar-refractivity contribution in [2.75, 3.05) is 43.4 Å². The van der Waals surface area contributed by atoms with Gasteiger partial charge in [0, 0.05) is 60.8 Å². The Labute approximate surface area is 195 Å². The van der Waals surface area contributed by atoms with Crippen molar-refractivity contribution < 1.29 is 9.50 Å². The number of pyridine rings is 1. The number of nitrogens with zero attached hydrogens (tertiary/aromatic N) is 5. The largest absolute Gasteiger partial charge is 0.507 e. The van der Waals surface area contributed by atoms with Crippen LogP contribution in [0.1, 0.15) is 5.56 Å². The summed E-state index contributed by atoms with van der Waals surface area (Å²) >= 11 is 0. The van der Waals surface area contributed by atoms with E-state index in [9.17, 15) is 14.3 Å². The maximum atomic E-state index is 14.3. The topological polar surface area (TPSA) is 86.5 Å². The fourth-order valence-corrected chi connectivity index (χ4v) is 4.10. The second-order valence-corrected chi connectivity index (χ2v) is 8.43. The summed E-state index contributed by atoms with van der Waals surface area (Å²) in [6.07, 6.45) is 1.61. The van der Waals surface area contributed by atoms with Crippen LogP contribution in [0.5, 0.6) is 5.75 Å². The first-order valence-corrected chi connectivity index (χ1v) is 11.1. The number of phenols is 1. The lowest BCUT2D eigenvalue weighted by Gasteiger charge is -2.34. The van der Waals surface area contributed by atoms with Gasteiger partial charge in [-0.3, -0.25) is 9.36 Å². The Morgan fingerprint density at radius 1 is 1.03 bits per heavy atom. The molecule has 2 N–H and O–H groups in total. The number of hydrogen-bond acceptors (Lipinski definition) is 7. The van der Waals surface area contributed by atoms with Gasteiger partial charge in [0.1, 0.15) is 17.2 Å². The van der Waals surface area contributed by atoms with E-state index < -0.39 is 5.82 Å². The number of fused-ring (bicyclic) bond motifs is 1. The number of phenolic OH excluding ortho intramolecular Hbond substituents is 1. The summed E-state index contributed by atoms with van der Waals surface area (Å²) in [5.74, 6) is -0.481. The van der Waals surface area contributed by atoms with Crippen LogP contribution in [-0.2, 0) is 6.54 Å². The van der Waals surface area contributed by atoms with Crippen LogP contribution in [0.15, 0.2) is 65.6 Å². The van der Waals surface area contributed by atoms with Gasteiger partial charge in [-0.25, -0.2) is 9.37 Å². The third-order valence-corrected chi connectivity index (χ3v) is 6.13. The van der Waals surface area contributed by atoms with E-state index in [0.29, 0.717) is 17.0 Å². The minimum atomic E-state index is -0.586. The third kappa shape index (κ3) is 4.42. The molecular weight excluding hydrogens is 435 g/mol. The highest BCUT2D eigenvalue weighted by Crippen LogP contribution is 2.24. The van der Waals surface area contributed by atoms with Gasteiger partial charge >= 0.3 is 0 Å². The van der Waals surface area contributed by atoms with Gasteiger partial charge in [-0.2, -0.15) is 4.98 Å². The van der Waals surface area contributed by atoms with Crippen LogP contribution in [0.25, 0.3) is 11.0 Å². The lowest BCUT2D eigenvalue weighted by Crippen LogP contribution is -2.44. The second kappa shape index (κ2) is 9.11. The molecule has 0 spiro atoms. The molecule has 0 unspecified atom stereocenters. The molecule has 4 aromatic rings. The number of piperazine rings is 1. The molecule has 1 aliphatic rings. The van der Waals surface area contributed by atoms with Crippen molar-refractivity contribution >= 4 is 28.4 Å². The quantitative estimate of drug-likeness (QED) is 0.473. The summed E-state index contributed by atoms with van der Waals surface area (Å²) in [6.45, 7) is 3.91. The van der Waals surface area contributed by atoms with Crippen LogP contribution in [0.3, 0.4) is 0 Å². The summed E-state index contributed by atoms with van der Waals surface area (Å²) in [6, 6.07) is 15.1. The molecular formula is C25H25FN6O2. The van der Waals surface area contributed by atoms with E-state index in [0.717, 1.165) is 37.6 Å². The Kier molecular flexibility index (Phi) is 5.85. The number of nitrogens with one attached hydrogen (secondary N) is 1. The Morgan fingerprint density at radius 3 is 2.53 bits per heavy atom. The number of halogens is 1. The number of benzene rings is 2. The molecule has 2 aromatic heterocycles. The smallest absolute Gasteiger partial charge is 0.252 e. The molecule has 1 aliphatic heterocycles. The van der Waals surface area contributed by atoms with Gasteiger partial charge in [0.2, 0.25) is 5.95 Å². The average Bonchev–Trinajstić information content (AvgIpc) is 2.84. The number of aromatic hydroxyl groups is 1. The molecule has 0 atom stereocenters. The van der Waals surface area contributed by atoms with Crippen LogP contribution in [0, 0.1) is 5.82 Å². The van der Waals surface area contributed by atoms with E-state index >= 15 is 0 Å². The second-order valence-electron chi connectivity index (χ2n) is 8.43. The molecule has 1 saturated heterocycles. The van der Waals surface area contributed by atoms with Gasteiger partial charge in [0.15, 0.2) is 0 Å². The third-order valence-electron chi connectivity index (χ3n) is 6.13. The Morgan fingerprint density at radius 2 is 1.79 bits per heavy atom. The predicted octanol–water partition coefficient (Wildman–Crippen LogP) is 3.18. The van der Waals surface area contributed by atoms with Crippen molar-refractivity contribution in [1.29, 1.82) is 0 Å². The summed E-state index contributed by atoms with van der Waals surface area (Å²) in [4.78, 5) is 26.2. The molecule has 8 nitrogen and oxygen atoms in total. The van der Waals surface area contributed by atoms with Crippen LogP contribution >= 0.6 is 0 Å². The summed E-state index contributed by atoms with van der Waals surface area (Å²) in [5, 5.41) is 13.9. The van der Waals surface area contributed by atoms with E-state index in [1.807, 2.05) is 12.1 Å². The van der Waals surface area contributed by atoms with Crippen LogP contribution in [-0.4, -0.2) is 57.8 Å². The van der Waals surface area contributed by atoms with Gasteiger partial charge in [-0.1, -0.05) is 6.07 Å². The zero-order valence-electron chi connectivity index (χ0n) is 18.8. The average molecular weight is 461 g/mol. The first-order chi connectivity index (χ1) is 16.5. The molecule has 2 aromatic carbocycles. The Hall–Kier alpha value is -3.98. The zero-order valence-corrected chi connectivity index (χ0v) is 18.8. The normalized spacial score (nSPS) is 14.5. The van der Waals surface area contributed by atoms with Crippen molar-refractivity contribution in [3.05, 3.63) is 82.5 Å². The van der Waals surface area contributed by atoms with Gasteiger partial charge in [0.25, 0.3) is 5.56 Å². The standard InChI is InChI=1S/C25H25FN6O2/c1-30-11-13-31(14-12-30)19-8-6-18(7-9-19)28-25-27-15-17-5-10-23(34)32(24(17)29-25)16-20-21(26)3-2-4-22(20)33/h2-10,15,33H,11-14,16H2,1H3,(H,27,28,29). The van der Waals surface area contributed by atoms with Crippen molar-refractivity contribution in [2.24, 2.45) is 0 Å². The van der Waals surface area contributed by atoms with Crippen molar-refractivity contribution in [3.8, 4) is 5.75 Å². The molecule has 0 aliphatic carbocycles. The Balaban J connectivity index is 1.41. The lowest BCUT2D eigenvalue weighted by atomic mass is 10.2. The lowest BCUT2D eigenvalue weighted by molar-refractivity contribution is 0.313. The SMILES string of the molecule is CN1CCN(c2ccc(Nc3ncc4ccc(=O)n(Cc5c(O)cccc5F)c4n3)cc2)CC1. The summed E-state index contributed by atoms with van der Waals surface area (Å²) in [7, 11) is 2.13. The van der Waals surface area contributed by atoms with E-state index in [2.05, 4.69) is 44.3 Å². The summed E-state index contributed by atoms with van der Waals surface area (Å²) in [5.41, 5.74) is 2.01. The Bertz CT molecular complexity index is 1360. The molecule has 34 heavy (non-hydrogen) atoms. The number of aromatic nitrogens is 3. The molecule has 5 rings (SSSR count). The molecule has 0 amide bonds. The van der Waals surface area contributed by atoms with Gasteiger partial charge < -0.3 is 20.2 Å². The van der Waals surface area contributed by atoms with Crippen molar-refractivity contribution in [1.82, 2.24) is 19.4 Å². The fourth-order valence-electron chi connectivity index (χ4n) is 4.10. The molecule has 1 fully saturated rings. The van der Waals surface area contributed by atoms with Crippen molar-refractivity contribution in [2.45, 2.75) is 6.54 Å². The molecule has 3 heterocycles. The molecule has 9 heteroatoms. The highest BCUT2D eigenvalue weighted by Gasteiger charge is 2.15. The fraction of sp³-hybridized carbons (Fsp3) is 0.240.